The molecule has 31 heavy (non-hydrogen) atoms. The van der Waals surface area contributed by atoms with Gasteiger partial charge < -0.3 is 0 Å². The van der Waals surface area contributed by atoms with E-state index in [-0.39, 0.29) is 0 Å². The molecule has 0 aromatic heterocycles. The Hall–Kier alpha value is -5.11. The van der Waals surface area contributed by atoms with Gasteiger partial charge in [0.15, 0.2) is 18.2 Å². The average molecular weight is 401 g/mol. The number of aryl methyl sites for hydroxylation is 1. The fraction of sp³-hybridized carbons (Fsp3) is 0.0417. The zero-order chi connectivity index (χ0) is 22.3. The molecular weight excluding hydrogens is 386 g/mol. The van der Waals surface area contributed by atoms with E-state index in [9.17, 15) is 0 Å². The Kier molecular flexibility index (Phi) is 8.85. The number of hydrogen-bond acceptors (Lipinski definition) is 7. The first kappa shape index (κ1) is 22.2. The number of nitrogens with zero attached hydrogens (tertiary/aromatic N) is 7. The van der Waals surface area contributed by atoms with Gasteiger partial charge in [-0.25, -0.2) is 0 Å². The zero-order valence-electron chi connectivity index (χ0n) is 16.6. The van der Waals surface area contributed by atoms with E-state index in [1.807, 2.05) is 55.5 Å². The number of nitriles is 3. The molecule has 146 valence electrons. The molecule has 3 aromatic carbocycles. The van der Waals surface area contributed by atoms with Gasteiger partial charge in [0.05, 0.1) is 22.7 Å². The van der Waals surface area contributed by atoms with Gasteiger partial charge in [-0.2, -0.15) is 36.2 Å². The third kappa shape index (κ3) is 8.20. The second-order valence-electron chi connectivity index (χ2n) is 5.88. The van der Waals surface area contributed by atoms with Crippen molar-refractivity contribution in [1.82, 2.24) is 0 Å². The van der Waals surface area contributed by atoms with Gasteiger partial charge in [0, 0.05) is 11.5 Å². The van der Waals surface area contributed by atoms with Crippen molar-refractivity contribution in [2.24, 2.45) is 20.5 Å². The molecule has 0 N–H and O–H groups in total. The van der Waals surface area contributed by atoms with E-state index in [2.05, 4.69) is 32.3 Å². The molecule has 3 aromatic rings. The molecule has 0 bridgehead atoms. The summed E-state index contributed by atoms with van der Waals surface area (Å²) in [6, 6.07) is 26.7. The molecule has 0 amide bonds. The molecule has 0 radical (unpaired) electrons. The molecule has 0 aliphatic carbocycles. The lowest BCUT2D eigenvalue weighted by Gasteiger charge is -1.96. The summed E-state index contributed by atoms with van der Waals surface area (Å²) in [7, 11) is 0. The number of azo groups is 2. The predicted octanol–water partition coefficient (Wildman–Crippen LogP) is 6.73. The minimum atomic E-state index is 0.709. The van der Waals surface area contributed by atoms with Crippen LogP contribution in [0.15, 0.2) is 93.3 Å². The summed E-state index contributed by atoms with van der Waals surface area (Å²) in [4.78, 5) is 0. The van der Waals surface area contributed by atoms with Gasteiger partial charge >= 0.3 is 0 Å². The Labute approximate surface area is 180 Å². The highest BCUT2D eigenvalue weighted by molar-refractivity contribution is 5.49. The van der Waals surface area contributed by atoms with Crippen molar-refractivity contribution in [3.63, 3.8) is 0 Å². The van der Waals surface area contributed by atoms with Gasteiger partial charge in [-0.15, -0.1) is 0 Å². The van der Waals surface area contributed by atoms with Crippen LogP contribution in [0.1, 0.15) is 11.1 Å². The lowest BCUT2D eigenvalue weighted by Crippen LogP contribution is -1.71. The molecular formula is C24H15N7. The number of hydrogen-bond donors (Lipinski definition) is 0. The number of rotatable bonds is 4. The Morgan fingerprint density at radius 2 is 0.871 bits per heavy atom. The maximum absolute atomic E-state index is 8.44. The Balaban J connectivity index is 0.000000785. The minimum Gasteiger partial charge on any atom is -0.183 e. The van der Waals surface area contributed by atoms with Crippen LogP contribution in [-0.2, 0) is 0 Å². The maximum Gasteiger partial charge on any atom is 0.181 e. The quantitative estimate of drug-likeness (QED) is 0.355. The fourth-order valence-electron chi connectivity index (χ4n) is 2.14. The third-order valence-corrected chi connectivity index (χ3v) is 3.63. The van der Waals surface area contributed by atoms with Crippen LogP contribution in [0, 0.1) is 52.8 Å². The molecule has 0 spiro atoms. The van der Waals surface area contributed by atoms with Crippen molar-refractivity contribution in [3.8, 4) is 30.0 Å². The van der Waals surface area contributed by atoms with E-state index in [0.29, 0.717) is 5.69 Å². The highest BCUT2D eigenvalue weighted by Gasteiger charge is 1.95. The standard InChI is InChI=1S/C22H15N5.C2N2/c1-17-4-8-19(9-5-17)24-26-21-12-14-22(15-13-21)27-25-20-10-6-18(7-11-20)3-2-16-23;3-1-2-4/h4-15H,1H3;. The van der Waals surface area contributed by atoms with E-state index in [0.717, 1.165) is 22.6 Å². The van der Waals surface area contributed by atoms with Crippen molar-refractivity contribution in [1.29, 1.82) is 15.8 Å². The normalized spacial score (nSPS) is 9.48. The number of benzene rings is 3. The van der Waals surface area contributed by atoms with Crippen LogP contribution in [-0.4, -0.2) is 0 Å². The molecule has 3 rings (SSSR count). The third-order valence-electron chi connectivity index (χ3n) is 3.63. The van der Waals surface area contributed by atoms with Crippen LogP contribution in [0.25, 0.3) is 0 Å². The first-order valence-electron chi connectivity index (χ1n) is 8.93. The Bertz CT molecular complexity index is 1230. The van der Waals surface area contributed by atoms with Crippen molar-refractivity contribution >= 4 is 22.7 Å². The van der Waals surface area contributed by atoms with E-state index < -0.39 is 0 Å². The predicted molar refractivity (Wildman–Crippen MR) is 116 cm³/mol. The van der Waals surface area contributed by atoms with Gasteiger partial charge in [-0.1, -0.05) is 23.6 Å². The summed E-state index contributed by atoms with van der Waals surface area (Å²) in [6.07, 6.45) is 0. The molecule has 0 aliphatic heterocycles. The van der Waals surface area contributed by atoms with E-state index in [4.69, 9.17) is 15.8 Å². The molecule has 0 saturated heterocycles. The van der Waals surface area contributed by atoms with E-state index >= 15 is 0 Å². The summed E-state index contributed by atoms with van der Waals surface area (Å²) in [5, 5.41) is 39.8. The molecule has 7 nitrogen and oxygen atoms in total. The SMILES string of the molecule is Cc1ccc(N=Nc2ccc(N=Nc3ccc(C#CC#N)cc3)cc2)cc1.N#CC#N. The van der Waals surface area contributed by atoms with Gasteiger partial charge in [0.2, 0.25) is 0 Å². The summed E-state index contributed by atoms with van der Waals surface area (Å²) in [6.45, 7) is 2.03. The van der Waals surface area contributed by atoms with Gasteiger partial charge in [-0.05, 0) is 67.6 Å². The van der Waals surface area contributed by atoms with Crippen LogP contribution in [0.4, 0.5) is 22.7 Å². The lowest BCUT2D eigenvalue weighted by molar-refractivity contribution is 1.21. The summed E-state index contributed by atoms with van der Waals surface area (Å²) < 4.78 is 0. The van der Waals surface area contributed by atoms with E-state index in [1.165, 1.54) is 17.7 Å². The largest absolute Gasteiger partial charge is 0.183 e. The molecule has 0 aliphatic rings. The Morgan fingerprint density at radius 3 is 1.23 bits per heavy atom. The first-order chi connectivity index (χ1) is 15.1. The van der Waals surface area contributed by atoms with Crippen LogP contribution in [0.5, 0.6) is 0 Å². The van der Waals surface area contributed by atoms with Crippen molar-refractivity contribution in [2.75, 3.05) is 0 Å². The van der Waals surface area contributed by atoms with Crippen molar-refractivity contribution in [3.05, 3.63) is 83.9 Å². The molecule has 0 unspecified atom stereocenters. The zero-order valence-corrected chi connectivity index (χ0v) is 16.6. The van der Waals surface area contributed by atoms with Crippen LogP contribution >= 0.6 is 0 Å². The van der Waals surface area contributed by atoms with Crippen molar-refractivity contribution < 1.29 is 0 Å². The van der Waals surface area contributed by atoms with Gasteiger partial charge in [-0.3, -0.25) is 0 Å². The average Bonchev–Trinajstić information content (AvgIpc) is 2.82. The van der Waals surface area contributed by atoms with Gasteiger partial charge in [0.1, 0.15) is 0 Å². The second kappa shape index (κ2) is 12.4. The van der Waals surface area contributed by atoms with E-state index in [1.54, 1.807) is 30.3 Å². The van der Waals surface area contributed by atoms with Crippen LogP contribution in [0.3, 0.4) is 0 Å². The monoisotopic (exact) mass is 401 g/mol. The van der Waals surface area contributed by atoms with Crippen LogP contribution < -0.4 is 0 Å². The second-order valence-corrected chi connectivity index (χ2v) is 5.88. The smallest absolute Gasteiger partial charge is 0.181 e. The topological polar surface area (TPSA) is 121 Å². The van der Waals surface area contributed by atoms with Crippen LogP contribution in [0.2, 0.25) is 0 Å². The summed E-state index contributed by atoms with van der Waals surface area (Å²) >= 11 is 0. The highest BCUT2D eigenvalue weighted by atomic mass is 15.1. The molecule has 0 atom stereocenters. The van der Waals surface area contributed by atoms with Crippen molar-refractivity contribution in [2.45, 2.75) is 6.92 Å². The molecule has 0 saturated carbocycles. The Morgan fingerprint density at radius 1 is 0.516 bits per heavy atom. The minimum absolute atomic E-state index is 0.709. The van der Waals surface area contributed by atoms with Gasteiger partial charge in [0.25, 0.3) is 0 Å². The maximum atomic E-state index is 8.44. The summed E-state index contributed by atoms with van der Waals surface area (Å²) in [5.74, 6) is 5.08. The fourth-order valence-corrected chi connectivity index (χ4v) is 2.14. The summed E-state index contributed by atoms with van der Waals surface area (Å²) in [5.41, 5.74) is 4.94. The highest BCUT2D eigenvalue weighted by Crippen LogP contribution is 2.23. The molecule has 7 heteroatoms. The molecule has 0 heterocycles. The molecule has 0 fully saturated rings. The first-order valence-corrected chi connectivity index (χ1v) is 8.93. The lowest BCUT2D eigenvalue weighted by atomic mass is 10.2.